The van der Waals surface area contributed by atoms with Gasteiger partial charge in [0, 0.05) is 24.5 Å². The van der Waals surface area contributed by atoms with Crippen LogP contribution in [0.2, 0.25) is 5.02 Å². The number of carbonyl (C=O) groups excluding carboxylic acids is 2. The van der Waals surface area contributed by atoms with Crippen LogP contribution in [0.15, 0.2) is 33.8 Å². The number of hydrogen-bond acceptors (Lipinski definition) is 7. The van der Waals surface area contributed by atoms with E-state index in [0.717, 1.165) is 12.6 Å². The molecule has 3 N–H and O–H groups in total. The Balaban J connectivity index is 2.80. The van der Waals surface area contributed by atoms with Crippen molar-refractivity contribution in [2.24, 2.45) is 4.99 Å². The van der Waals surface area contributed by atoms with Crippen LogP contribution in [0, 0.1) is 0 Å². The van der Waals surface area contributed by atoms with Crippen LogP contribution in [0.4, 0.5) is 0 Å². The van der Waals surface area contributed by atoms with E-state index < -0.39 is 33.7 Å². The van der Waals surface area contributed by atoms with Gasteiger partial charge in [0.25, 0.3) is 0 Å². The lowest BCUT2D eigenvalue weighted by molar-refractivity contribution is -0.141. The van der Waals surface area contributed by atoms with E-state index in [9.17, 15) is 22.8 Å². The summed E-state index contributed by atoms with van der Waals surface area (Å²) in [5.74, 6) is -2.23. The quantitative estimate of drug-likeness (QED) is 0.244. The van der Waals surface area contributed by atoms with Gasteiger partial charge >= 0.3 is 5.97 Å². The topological polar surface area (TPSA) is 142 Å². The van der Waals surface area contributed by atoms with Crippen LogP contribution in [0.1, 0.15) is 32.3 Å². The van der Waals surface area contributed by atoms with E-state index in [1.165, 1.54) is 19.1 Å². The van der Waals surface area contributed by atoms with E-state index >= 15 is 0 Å². The summed E-state index contributed by atoms with van der Waals surface area (Å²) in [6.07, 6.45) is 1.94. The number of carboxylic acids is 1. The maximum Gasteiger partial charge on any atom is 0.326 e. The summed E-state index contributed by atoms with van der Waals surface area (Å²) in [6, 6.07) is 3.25. The fourth-order valence-corrected chi connectivity index (χ4v) is 3.75. The van der Waals surface area contributed by atoms with Crippen LogP contribution in [-0.4, -0.2) is 49.9 Å². The number of hydrogen-bond donors (Lipinski definition) is 4. The molecule has 1 aromatic rings. The summed E-state index contributed by atoms with van der Waals surface area (Å²) < 4.78 is 23.6. The number of allylic oxidation sites excluding steroid dienone is 1. The normalized spacial score (nSPS) is 13.5. The summed E-state index contributed by atoms with van der Waals surface area (Å²) in [6.45, 7) is 2.79. The highest BCUT2D eigenvalue weighted by Crippen LogP contribution is 2.29. The maximum absolute atomic E-state index is 11.8. The predicted molar refractivity (Wildman–Crippen MR) is 117 cm³/mol. The van der Waals surface area contributed by atoms with Gasteiger partial charge in [-0.1, -0.05) is 17.7 Å². The second kappa shape index (κ2) is 11.1. The Labute approximate surface area is 184 Å². The second-order valence-electron chi connectivity index (χ2n) is 6.31. The fourth-order valence-electron chi connectivity index (χ4n) is 2.26. The lowest BCUT2D eigenvalue weighted by atomic mass is 10.1. The van der Waals surface area contributed by atoms with Crippen LogP contribution >= 0.6 is 24.2 Å². The molecule has 1 rings (SSSR count). The number of aliphatic imine (C=N–C) groups is 1. The minimum Gasteiger partial charge on any atom is -0.480 e. The summed E-state index contributed by atoms with van der Waals surface area (Å²) in [4.78, 5) is 38.2. The predicted octanol–water partition coefficient (Wildman–Crippen LogP) is 1.88. The zero-order valence-electron chi connectivity index (χ0n) is 16.5. The molecule has 1 unspecified atom stereocenters. The molecule has 0 bridgehead atoms. The standard InChI is InChI=1S/C18H22ClN3O6S2/c1-10(17(29)12-4-5-13(19)15(8-12)30(3,27)28)20-9-21-16(24)7-6-14(18(25)26)22-11(2)23/h4-5,8-9,14,29H,6-7H2,1-3H3,(H,22,23)(H,25,26)(H,20,21,24)/b17-10-. The van der Waals surface area contributed by atoms with E-state index in [2.05, 4.69) is 28.3 Å². The van der Waals surface area contributed by atoms with E-state index in [0.29, 0.717) is 16.2 Å². The average Bonchev–Trinajstić information content (AvgIpc) is 2.63. The molecular weight excluding hydrogens is 454 g/mol. The molecule has 0 aliphatic carbocycles. The minimum absolute atomic E-state index is 0.0366. The molecule has 164 valence electrons. The highest BCUT2D eigenvalue weighted by molar-refractivity contribution is 7.91. The Morgan fingerprint density at radius 1 is 1.30 bits per heavy atom. The number of thiol groups is 1. The first-order valence-electron chi connectivity index (χ1n) is 8.54. The highest BCUT2D eigenvalue weighted by atomic mass is 35.5. The van der Waals surface area contributed by atoms with Crippen molar-refractivity contribution in [3.8, 4) is 0 Å². The summed E-state index contributed by atoms with van der Waals surface area (Å²) in [5.41, 5.74) is 0.866. The Bertz CT molecular complexity index is 1010. The first-order chi connectivity index (χ1) is 13.8. The van der Waals surface area contributed by atoms with Crippen molar-refractivity contribution in [2.45, 2.75) is 37.6 Å². The molecule has 0 heterocycles. The third kappa shape index (κ3) is 8.17. The van der Waals surface area contributed by atoms with E-state index in [1.54, 1.807) is 13.0 Å². The van der Waals surface area contributed by atoms with Crippen LogP contribution in [0.5, 0.6) is 0 Å². The number of nitrogens with zero attached hydrogens (tertiary/aromatic N) is 1. The molecule has 0 aliphatic rings. The third-order valence-corrected chi connectivity index (χ3v) is 5.93. The molecule has 1 aromatic carbocycles. The van der Waals surface area contributed by atoms with E-state index in [-0.39, 0.29) is 22.8 Å². The highest BCUT2D eigenvalue weighted by Gasteiger charge is 2.19. The largest absolute Gasteiger partial charge is 0.480 e. The molecule has 2 amide bonds. The molecule has 0 spiro atoms. The molecule has 0 saturated heterocycles. The number of carboxylic acid groups (broad SMARTS) is 1. The van der Waals surface area contributed by atoms with Gasteiger partial charge < -0.3 is 15.7 Å². The molecule has 0 radical (unpaired) electrons. The van der Waals surface area contributed by atoms with Crippen molar-refractivity contribution in [3.05, 3.63) is 34.5 Å². The van der Waals surface area contributed by atoms with Crippen LogP contribution in [0.3, 0.4) is 0 Å². The van der Waals surface area contributed by atoms with Crippen molar-refractivity contribution in [1.82, 2.24) is 10.6 Å². The number of carbonyl (C=O) groups is 3. The monoisotopic (exact) mass is 475 g/mol. The number of nitrogens with one attached hydrogen (secondary N) is 2. The Morgan fingerprint density at radius 3 is 2.47 bits per heavy atom. The van der Waals surface area contributed by atoms with Gasteiger partial charge in [-0.15, -0.1) is 12.6 Å². The van der Waals surface area contributed by atoms with Crippen LogP contribution in [-0.2, 0) is 24.2 Å². The number of benzene rings is 1. The van der Waals surface area contributed by atoms with Crippen molar-refractivity contribution in [2.75, 3.05) is 6.26 Å². The Hall–Kier alpha value is -2.37. The summed E-state index contributed by atoms with van der Waals surface area (Å²) in [5, 5.41) is 13.7. The molecule has 12 heteroatoms. The molecule has 0 aromatic heterocycles. The van der Waals surface area contributed by atoms with Gasteiger partial charge in [-0.2, -0.15) is 0 Å². The molecule has 9 nitrogen and oxygen atoms in total. The number of halogens is 1. The smallest absolute Gasteiger partial charge is 0.326 e. The maximum atomic E-state index is 11.8. The molecular formula is C18H22ClN3O6S2. The average molecular weight is 476 g/mol. The van der Waals surface area contributed by atoms with Gasteiger partial charge in [-0.3, -0.25) is 9.59 Å². The lowest BCUT2D eigenvalue weighted by Crippen LogP contribution is -2.40. The Morgan fingerprint density at radius 2 is 1.93 bits per heavy atom. The minimum atomic E-state index is -3.52. The van der Waals surface area contributed by atoms with Gasteiger partial charge in [-0.25, -0.2) is 18.2 Å². The number of sulfone groups is 1. The zero-order valence-corrected chi connectivity index (χ0v) is 18.9. The SMILES string of the molecule is CC(=O)NC(CCC(=O)NC=N/C(C)=C(\S)c1ccc(Cl)c(S(C)(=O)=O)c1)C(=O)O. The zero-order chi connectivity index (χ0) is 23.1. The first kappa shape index (κ1) is 25.7. The second-order valence-corrected chi connectivity index (χ2v) is 9.15. The number of amides is 2. The van der Waals surface area contributed by atoms with E-state index in [1.807, 2.05) is 0 Å². The van der Waals surface area contributed by atoms with Gasteiger partial charge in [0.2, 0.25) is 11.8 Å². The molecule has 30 heavy (non-hydrogen) atoms. The fraction of sp³-hybridized carbons (Fsp3) is 0.333. The Kier molecular flexibility index (Phi) is 9.53. The van der Waals surface area contributed by atoms with Crippen molar-refractivity contribution >= 4 is 63.1 Å². The third-order valence-electron chi connectivity index (χ3n) is 3.77. The summed E-state index contributed by atoms with van der Waals surface area (Å²) in [7, 11) is -3.52. The van der Waals surface area contributed by atoms with Gasteiger partial charge in [0.1, 0.15) is 6.04 Å². The van der Waals surface area contributed by atoms with Gasteiger partial charge in [0.15, 0.2) is 9.84 Å². The first-order valence-corrected chi connectivity index (χ1v) is 11.3. The molecule has 0 fully saturated rings. The summed E-state index contributed by atoms with van der Waals surface area (Å²) >= 11 is 10.3. The molecule has 0 aliphatic heterocycles. The number of aliphatic carboxylic acids is 1. The van der Waals surface area contributed by atoms with Crippen LogP contribution in [0.25, 0.3) is 4.91 Å². The van der Waals surface area contributed by atoms with Crippen LogP contribution < -0.4 is 10.6 Å². The molecule has 1 atom stereocenters. The van der Waals surface area contributed by atoms with E-state index in [4.69, 9.17) is 16.7 Å². The lowest BCUT2D eigenvalue weighted by Gasteiger charge is -2.12. The van der Waals surface area contributed by atoms with Crippen molar-refractivity contribution in [3.63, 3.8) is 0 Å². The van der Waals surface area contributed by atoms with Gasteiger partial charge in [0.05, 0.1) is 22.0 Å². The van der Waals surface area contributed by atoms with Crippen molar-refractivity contribution in [1.29, 1.82) is 0 Å². The number of rotatable bonds is 9. The molecule has 0 saturated carbocycles. The van der Waals surface area contributed by atoms with Gasteiger partial charge in [-0.05, 0) is 31.0 Å². The van der Waals surface area contributed by atoms with Crippen molar-refractivity contribution < 1.29 is 27.9 Å².